The van der Waals surface area contributed by atoms with E-state index in [9.17, 15) is 13.2 Å². The molecule has 0 aliphatic carbocycles. The van der Waals surface area contributed by atoms with Gasteiger partial charge < -0.3 is 10.6 Å². The predicted octanol–water partition coefficient (Wildman–Crippen LogP) is 1.57. The lowest BCUT2D eigenvalue weighted by molar-refractivity contribution is 0.0708. The van der Waals surface area contributed by atoms with Gasteiger partial charge in [-0.3, -0.25) is 4.79 Å². The van der Waals surface area contributed by atoms with Crippen LogP contribution < -0.4 is 5.73 Å². The monoisotopic (exact) mass is 316 g/mol. The van der Waals surface area contributed by atoms with Gasteiger partial charge in [0.05, 0.1) is 22.1 Å². The average Bonchev–Trinajstić information content (AvgIpc) is 2.73. The van der Waals surface area contributed by atoms with Crippen molar-refractivity contribution in [2.45, 2.75) is 19.4 Å². The van der Waals surface area contributed by atoms with E-state index in [1.54, 1.807) is 17.0 Å². The molecule has 0 spiro atoms. The van der Waals surface area contributed by atoms with Crippen molar-refractivity contribution < 1.29 is 13.2 Å². The molecule has 1 aliphatic heterocycles. The first-order chi connectivity index (χ1) is 9.34. The Balaban J connectivity index is 2.28. The smallest absolute Gasteiger partial charge is 0.255 e. The van der Waals surface area contributed by atoms with E-state index in [1.807, 2.05) is 6.92 Å². The molecule has 1 unspecified atom stereocenters. The van der Waals surface area contributed by atoms with Crippen LogP contribution in [0.2, 0.25) is 5.02 Å². The molecule has 0 saturated carbocycles. The maximum atomic E-state index is 12.5. The lowest BCUT2D eigenvalue weighted by Gasteiger charge is -2.27. The number of carbonyl (C=O) groups is 1. The molecule has 2 rings (SSSR count). The Labute approximate surface area is 123 Å². The van der Waals surface area contributed by atoms with Crippen LogP contribution in [-0.4, -0.2) is 43.3 Å². The molecule has 110 valence electrons. The van der Waals surface area contributed by atoms with E-state index in [1.165, 1.54) is 6.07 Å². The van der Waals surface area contributed by atoms with Gasteiger partial charge in [0.25, 0.3) is 5.91 Å². The van der Waals surface area contributed by atoms with Crippen LogP contribution in [0.1, 0.15) is 23.7 Å². The number of amides is 1. The molecular formula is C13H17ClN2O3S. The van der Waals surface area contributed by atoms with E-state index in [-0.39, 0.29) is 23.5 Å². The van der Waals surface area contributed by atoms with Crippen molar-refractivity contribution in [3.63, 3.8) is 0 Å². The Hall–Kier alpha value is -1.27. The number of nitrogens with two attached hydrogens (primary N) is 1. The zero-order valence-corrected chi connectivity index (χ0v) is 12.7. The first-order valence-electron chi connectivity index (χ1n) is 6.40. The van der Waals surface area contributed by atoms with Crippen molar-refractivity contribution in [1.82, 2.24) is 4.90 Å². The summed E-state index contributed by atoms with van der Waals surface area (Å²) in [7, 11) is -3.04. The SMILES string of the molecule is CCN(C(=O)c1cc(N)ccc1Cl)C1CCS(=O)(=O)C1. The number of benzene rings is 1. The van der Waals surface area contributed by atoms with E-state index in [0.717, 1.165) is 0 Å². The number of carbonyl (C=O) groups excluding carboxylic acids is 1. The van der Waals surface area contributed by atoms with Crippen LogP contribution in [-0.2, 0) is 9.84 Å². The summed E-state index contributed by atoms with van der Waals surface area (Å²) in [5, 5.41) is 0.323. The Morgan fingerprint density at radius 2 is 2.20 bits per heavy atom. The molecule has 1 heterocycles. The minimum atomic E-state index is -3.04. The van der Waals surface area contributed by atoms with Crippen LogP contribution in [0.5, 0.6) is 0 Å². The molecule has 1 aromatic carbocycles. The van der Waals surface area contributed by atoms with Crippen molar-refractivity contribution in [3.05, 3.63) is 28.8 Å². The molecule has 1 aromatic rings. The van der Waals surface area contributed by atoms with Crippen LogP contribution >= 0.6 is 11.6 Å². The van der Waals surface area contributed by atoms with Crippen LogP contribution in [0.25, 0.3) is 0 Å². The number of halogens is 1. The minimum Gasteiger partial charge on any atom is -0.399 e. The third kappa shape index (κ3) is 3.07. The highest BCUT2D eigenvalue weighted by Gasteiger charge is 2.34. The second kappa shape index (κ2) is 5.61. The van der Waals surface area contributed by atoms with Crippen molar-refractivity contribution >= 4 is 33.0 Å². The van der Waals surface area contributed by atoms with Gasteiger partial charge in [0, 0.05) is 18.3 Å². The summed E-state index contributed by atoms with van der Waals surface area (Å²) in [4.78, 5) is 14.1. The van der Waals surface area contributed by atoms with Gasteiger partial charge in [-0.1, -0.05) is 11.6 Å². The van der Waals surface area contributed by atoms with Gasteiger partial charge in [-0.15, -0.1) is 0 Å². The largest absolute Gasteiger partial charge is 0.399 e. The Morgan fingerprint density at radius 3 is 2.75 bits per heavy atom. The standard InChI is InChI=1S/C13H17ClN2O3S/c1-2-16(10-5-6-20(18,19)8-10)13(17)11-7-9(15)3-4-12(11)14/h3-4,7,10H,2,5-6,8,15H2,1H3. The number of rotatable bonds is 3. The number of hydrogen-bond acceptors (Lipinski definition) is 4. The van der Waals surface area contributed by atoms with Crippen LogP contribution in [0.3, 0.4) is 0 Å². The van der Waals surface area contributed by atoms with Gasteiger partial charge in [-0.25, -0.2) is 8.42 Å². The fourth-order valence-electron chi connectivity index (χ4n) is 2.45. The van der Waals surface area contributed by atoms with Crippen molar-refractivity contribution in [2.24, 2.45) is 0 Å². The van der Waals surface area contributed by atoms with E-state index in [2.05, 4.69) is 0 Å². The number of nitrogens with zero attached hydrogens (tertiary/aromatic N) is 1. The zero-order chi connectivity index (χ0) is 14.9. The van der Waals surface area contributed by atoms with Gasteiger partial charge in [-0.05, 0) is 31.5 Å². The van der Waals surface area contributed by atoms with Crippen LogP contribution in [0.15, 0.2) is 18.2 Å². The van der Waals surface area contributed by atoms with Gasteiger partial charge in [-0.2, -0.15) is 0 Å². The summed E-state index contributed by atoms with van der Waals surface area (Å²) in [6.45, 7) is 2.26. The molecule has 1 amide bonds. The fraction of sp³-hybridized carbons (Fsp3) is 0.462. The summed E-state index contributed by atoms with van der Waals surface area (Å²) < 4.78 is 23.1. The van der Waals surface area contributed by atoms with Crippen molar-refractivity contribution in [2.75, 3.05) is 23.8 Å². The minimum absolute atomic E-state index is 0.0204. The summed E-state index contributed by atoms with van der Waals surface area (Å²) in [5.74, 6) is -0.120. The van der Waals surface area contributed by atoms with Crippen LogP contribution in [0.4, 0.5) is 5.69 Å². The number of anilines is 1. The first kappa shape index (κ1) is 15.1. The van der Waals surface area contributed by atoms with Crippen molar-refractivity contribution in [3.8, 4) is 0 Å². The Morgan fingerprint density at radius 1 is 1.50 bits per heavy atom. The Kier molecular flexibility index (Phi) is 4.25. The summed E-state index contributed by atoms with van der Waals surface area (Å²) in [5.41, 5.74) is 6.45. The molecule has 20 heavy (non-hydrogen) atoms. The number of hydrogen-bond donors (Lipinski definition) is 1. The second-order valence-corrected chi connectivity index (χ2v) is 7.52. The molecule has 7 heteroatoms. The highest BCUT2D eigenvalue weighted by molar-refractivity contribution is 7.91. The van der Waals surface area contributed by atoms with Crippen molar-refractivity contribution in [1.29, 1.82) is 0 Å². The fourth-order valence-corrected chi connectivity index (χ4v) is 4.38. The second-order valence-electron chi connectivity index (χ2n) is 4.89. The number of sulfone groups is 1. The molecular weight excluding hydrogens is 300 g/mol. The van der Waals surface area contributed by atoms with Gasteiger partial charge >= 0.3 is 0 Å². The Bertz CT molecular complexity index is 631. The van der Waals surface area contributed by atoms with Gasteiger partial charge in [0.15, 0.2) is 9.84 Å². The van der Waals surface area contributed by atoms with E-state index < -0.39 is 9.84 Å². The summed E-state index contributed by atoms with van der Waals surface area (Å²) in [6.07, 6.45) is 0.474. The maximum Gasteiger partial charge on any atom is 0.255 e. The molecule has 1 aliphatic rings. The zero-order valence-electron chi connectivity index (χ0n) is 11.2. The molecule has 2 N–H and O–H groups in total. The number of nitrogen functional groups attached to an aromatic ring is 1. The molecule has 0 radical (unpaired) electrons. The molecule has 1 atom stereocenters. The normalized spacial score (nSPS) is 20.8. The highest BCUT2D eigenvalue weighted by Crippen LogP contribution is 2.24. The van der Waals surface area contributed by atoms with E-state index in [4.69, 9.17) is 17.3 Å². The third-order valence-electron chi connectivity index (χ3n) is 3.47. The summed E-state index contributed by atoms with van der Waals surface area (Å²) in [6, 6.07) is 4.44. The van der Waals surface area contributed by atoms with E-state index >= 15 is 0 Å². The average molecular weight is 317 g/mol. The highest BCUT2D eigenvalue weighted by atomic mass is 35.5. The molecule has 1 fully saturated rings. The quantitative estimate of drug-likeness (QED) is 0.858. The van der Waals surface area contributed by atoms with Crippen LogP contribution in [0, 0.1) is 0 Å². The van der Waals surface area contributed by atoms with Gasteiger partial charge in [0.2, 0.25) is 0 Å². The van der Waals surface area contributed by atoms with Gasteiger partial charge in [0.1, 0.15) is 0 Å². The predicted molar refractivity (Wildman–Crippen MR) is 79.6 cm³/mol. The lowest BCUT2D eigenvalue weighted by Crippen LogP contribution is -2.41. The third-order valence-corrected chi connectivity index (χ3v) is 5.55. The van der Waals surface area contributed by atoms with E-state index in [0.29, 0.717) is 29.2 Å². The molecule has 5 nitrogen and oxygen atoms in total. The molecule has 1 saturated heterocycles. The molecule has 0 aromatic heterocycles. The molecule has 0 bridgehead atoms. The topological polar surface area (TPSA) is 80.5 Å². The summed E-state index contributed by atoms with van der Waals surface area (Å²) >= 11 is 6.03. The lowest BCUT2D eigenvalue weighted by atomic mass is 10.1. The maximum absolute atomic E-state index is 12.5. The first-order valence-corrected chi connectivity index (χ1v) is 8.60.